The Balaban J connectivity index is 1.91. The number of amides is 1. The summed E-state index contributed by atoms with van der Waals surface area (Å²) in [5, 5.41) is 4.56. The molecule has 1 amide bonds. The van der Waals surface area contributed by atoms with Crippen molar-refractivity contribution in [3.05, 3.63) is 42.2 Å². The van der Waals surface area contributed by atoms with Gasteiger partial charge >= 0.3 is 0 Å². The maximum Gasteiger partial charge on any atom is 0.278 e. The van der Waals surface area contributed by atoms with Crippen LogP contribution < -0.4 is 10.5 Å². The first-order valence-corrected chi connectivity index (χ1v) is 9.43. The summed E-state index contributed by atoms with van der Waals surface area (Å²) in [4.78, 5) is 15.1. The molecule has 2 aromatic rings. The SMILES string of the molecule is CCCOc1cn(-c2ccccc2)nc1C(=O)N1CCC(C)CC1CN. The smallest absolute Gasteiger partial charge is 0.278 e. The molecule has 2 heterocycles. The molecule has 0 aliphatic carbocycles. The molecule has 140 valence electrons. The second-order valence-corrected chi connectivity index (χ2v) is 6.99. The van der Waals surface area contributed by atoms with Gasteiger partial charge in [-0.15, -0.1) is 0 Å². The van der Waals surface area contributed by atoms with Crippen molar-refractivity contribution < 1.29 is 9.53 Å². The van der Waals surface area contributed by atoms with Crippen LogP contribution in [0.25, 0.3) is 5.69 Å². The minimum Gasteiger partial charge on any atom is -0.489 e. The van der Waals surface area contributed by atoms with Crippen molar-refractivity contribution in [2.24, 2.45) is 11.7 Å². The van der Waals surface area contributed by atoms with Crippen molar-refractivity contribution in [1.29, 1.82) is 0 Å². The van der Waals surface area contributed by atoms with Gasteiger partial charge in [0.15, 0.2) is 11.4 Å². The Hall–Kier alpha value is -2.34. The second kappa shape index (κ2) is 8.36. The highest BCUT2D eigenvalue weighted by atomic mass is 16.5. The predicted molar refractivity (Wildman–Crippen MR) is 102 cm³/mol. The number of piperidine rings is 1. The third-order valence-corrected chi connectivity index (χ3v) is 4.88. The van der Waals surface area contributed by atoms with E-state index < -0.39 is 0 Å². The standard InChI is InChI=1S/C20H28N4O2/c1-3-11-26-18-14-24(16-7-5-4-6-8-16)22-19(18)20(25)23-10-9-15(2)12-17(23)13-21/h4-8,14-15,17H,3,9-13,21H2,1-2H3. The Morgan fingerprint density at radius 2 is 2.12 bits per heavy atom. The molecule has 0 bridgehead atoms. The van der Waals surface area contributed by atoms with Crippen LogP contribution in [0.3, 0.4) is 0 Å². The summed E-state index contributed by atoms with van der Waals surface area (Å²) in [6.07, 6.45) is 4.60. The monoisotopic (exact) mass is 356 g/mol. The highest BCUT2D eigenvalue weighted by molar-refractivity contribution is 5.95. The molecule has 3 rings (SSSR count). The Bertz CT molecular complexity index is 729. The second-order valence-electron chi connectivity index (χ2n) is 6.99. The van der Waals surface area contributed by atoms with E-state index in [0.717, 1.165) is 24.9 Å². The van der Waals surface area contributed by atoms with Gasteiger partial charge < -0.3 is 15.4 Å². The minimum atomic E-state index is -0.0897. The molecule has 1 aromatic carbocycles. The van der Waals surface area contributed by atoms with Gasteiger partial charge in [0, 0.05) is 19.1 Å². The van der Waals surface area contributed by atoms with E-state index in [9.17, 15) is 4.79 Å². The molecule has 1 saturated heterocycles. The van der Waals surface area contributed by atoms with Crippen molar-refractivity contribution in [3.8, 4) is 11.4 Å². The van der Waals surface area contributed by atoms with E-state index in [2.05, 4.69) is 12.0 Å². The molecule has 6 heteroatoms. The zero-order valence-electron chi connectivity index (χ0n) is 15.6. The number of likely N-dealkylation sites (tertiary alicyclic amines) is 1. The van der Waals surface area contributed by atoms with Crippen molar-refractivity contribution >= 4 is 5.91 Å². The van der Waals surface area contributed by atoms with E-state index in [0.29, 0.717) is 37.1 Å². The first-order valence-electron chi connectivity index (χ1n) is 9.43. The van der Waals surface area contributed by atoms with Gasteiger partial charge in [0.1, 0.15) is 0 Å². The van der Waals surface area contributed by atoms with Gasteiger partial charge in [-0.2, -0.15) is 5.10 Å². The summed E-state index contributed by atoms with van der Waals surface area (Å²) >= 11 is 0. The number of rotatable bonds is 6. The number of aromatic nitrogens is 2. The van der Waals surface area contributed by atoms with E-state index in [1.54, 1.807) is 10.9 Å². The van der Waals surface area contributed by atoms with E-state index in [1.165, 1.54) is 0 Å². The van der Waals surface area contributed by atoms with Crippen LogP contribution >= 0.6 is 0 Å². The van der Waals surface area contributed by atoms with Gasteiger partial charge in [-0.3, -0.25) is 4.79 Å². The van der Waals surface area contributed by atoms with E-state index in [4.69, 9.17) is 10.5 Å². The average molecular weight is 356 g/mol. The number of benzene rings is 1. The molecule has 1 fully saturated rings. The normalized spacial score (nSPS) is 20.2. The van der Waals surface area contributed by atoms with Crippen LogP contribution in [0.15, 0.2) is 36.5 Å². The van der Waals surface area contributed by atoms with Crippen LogP contribution in [-0.4, -0.2) is 46.3 Å². The molecule has 1 aromatic heterocycles. The Morgan fingerprint density at radius 3 is 2.81 bits per heavy atom. The number of hydrogen-bond acceptors (Lipinski definition) is 4. The van der Waals surface area contributed by atoms with Crippen LogP contribution in [0.2, 0.25) is 0 Å². The van der Waals surface area contributed by atoms with E-state index in [-0.39, 0.29) is 11.9 Å². The largest absolute Gasteiger partial charge is 0.489 e. The van der Waals surface area contributed by atoms with Gasteiger partial charge in [-0.05, 0) is 37.3 Å². The van der Waals surface area contributed by atoms with Crippen LogP contribution in [-0.2, 0) is 0 Å². The molecule has 1 aliphatic heterocycles. The number of carbonyl (C=O) groups is 1. The molecule has 0 radical (unpaired) electrons. The number of hydrogen-bond donors (Lipinski definition) is 1. The summed E-state index contributed by atoms with van der Waals surface area (Å²) in [5.41, 5.74) is 7.20. The number of ether oxygens (including phenoxy) is 1. The molecule has 2 atom stereocenters. The molecule has 0 spiro atoms. The van der Waals surface area contributed by atoms with Crippen LogP contribution in [0.4, 0.5) is 0 Å². The zero-order chi connectivity index (χ0) is 18.5. The first kappa shape index (κ1) is 18.5. The lowest BCUT2D eigenvalue weighted by Gasteiger charge is -2.37. The Morgan fingerprint density at radius 1 is 1.35 bits per heavy atom. The molecular formula is C20H28N4O2. The number of para-hydroxylation sites is 1. The molecule has 6 nitrogen and oxygen atoms in total. The zero-order valence-corrected chi connectivity index (χ0v) is 15.6. The number of carbonyl (C=O) groups excluding carboxylic acids is 1. The number of nitrogens with two attached hydrogens (primary N) is 1. The quantitative estimate of drug-likeness (QED) is 0.864. The predicted octanol–water partition coefficient (Wildman–Crippen LogP) is 2.86. The lowest BCUT2D eigenvalue weighted by molar-refractivity contribution is 0.0563. The van der Waals surface area contributed by atoms with Crippen LogP contribution in [0.1, 0.15) is 43.6 Å². The molecule has 2 unspecified atom stereocenters. The van der Waals surface area contributed by atoms with Gasteiger partial charge in [0.2, 0.25) is 0 Å². The summed E-state index contributed by atoms with van der Waals surface area (Å²) in [6.45, 7) is 6.00. The summed E-state index contributed by atoms with van der Waals surface area (Å²) in [6, 6.07) is 9.82. The van der Waals surface area contributed by atoms with Crippen molar-refractivity contribution in [2.45, 2.75) is 39.2 Å². The first-order chi connectivity index (χ1) is 12.6. The van der Waals surface area contributed by atoms with Crippen LogP contribution in [0.5, 0.6) is 5.75 Å². The van der Waals surface area contributed by atoms with Gasteiger partial charge in [0.25, 0.3) is 5.91 Å². The van der Waals surface area contributed by atoms with Crippen molar-refractivity contribution in [3.63, 3.8) is 0 Å². The summed E-state index contributed by atoms with van der Waals surface area (Å²) < 4.78 is 7.54. The third kappa shape index (κ3) is 3.90. The molecule has 26 heavy (non-hydrogen) atoms. The molecule has 1 aliphatic rings. The maximum atomic E-state index is 13.2. The van der Waals surface area contributed by atoms with Gasteiger partial charge in [0.05, 0.1) is 18.5 Å². The fourth-order valence-electron chi connectivity index (χ4n) is 3.42. The fraction of sp³-hybridized carbons (Fsp3) is 0.500. The topological polar surface area (TPSA) is 73.4 Å². The summed E-state index contributed by atoms with van der Waals surface area (Å²) in [7, 11) is 0. The average Bonchev–Trinajstić information content (AvgIpc) is 3.10. The van der Waals surface area contributed by atoms with Crippen molar-refractivity contribution in [1.82, 2.24) is 14.7 Å². The highest BCUT2D eigenvalue weighted by Gasteiger charge is 2.32. The van der Waals surface area contributed by atoms with Crippen LogP contribution in [0, 0.1) is 5.92 Å². The lowest BCUT2D eigenvalue weighted by Crippen LogP contribution is -2.49. The molecule has 0 saturated carbocycles. The minimum absolute atomic E-state index is 0.0622. The maximum absolute atomic E-state index is 13.2. The fourth-order valence-corrected chi connectivity index (χ4v) is 3.42. The lowest BCUT2D eigenvalue weighted by atomic mass is 9.92. The van der Waals surface area contributed by atoms with Gasteiger partial charge in [-0.25, -0.2) is 4.68 Å². The van der Waals surface area contributed by atoms with Gasteiger partial charge in [-0.1, -0.05) is 32.0 Å². The highest BCUT2D eigenvalue weighted by Crippen LogP contribution is 2.27. The third-order valence-electron chi connectivity index (χ3n) is 4.88. The van der Waals surface area contributed by atoms with E-state index >= 15 is 0 Å². The molecular weight excluding hydrogens is 328 g/mol. The van der Waals surface area contributed by atoms with E-state index in [1.807, 2.05) is 42.2 Å². The Kier molecular flexibility index (Phi) is 5.93. The molecule has 2 N–H and O–H groups in total. The Labute approximate surface area is 154 Å². The van der Waals surface area contributed by atoms with Crippen molar-refractivity contribution in [2.75, 3.05) is 19.7 Å². The number of nitrogens with zero attached hydrogens (tertiary/aromatic N) is 3. The summed E-state index contributed by atoms with van der Waals surface area (Å²) in [5.74, 6) is 1.04.